The molecule has 1 saturated heterocycles. The summed E-state index contributed by atoms with van der Waals surface area (Å²) in [5, 5.41) is 36.0. The maximum Gasteiger partial charge on any atom is 0.455 e. The van der Waals surface area contributed by atoms with Crippen molar-refractivity contribution in [3.63, 3.8) is 0 Å². The van der Waals surface area contributed by atoms with Crippen molar-refractivity contribution >= 4 is 35.7 Å². The number of alkyl halides is 1. The van der Waals surface area contributed by atoms with Crippen LogP contribution < -0.4 is 15.0 Å². The molecule has 3 aromatic rings. The monoisotopic (exact) mass is 627 g/mol. The molecule has 7 atom stereocenters. The van der Waals surface area contributed by atoms with Crippen molar-refractivity contribution < 1.29 is 47.6 Å². The van der Waals surface area contributed by atoms with Crippen LogP contribution in [0.1, 0.15) is 32.6 Å². The Kier molecular flexibility index (Phi) is 8.04. The van der Waals surface area contributed by atoms with Crippen LogP contribution in [-0.2, 0) is 23.4 Å². The van der Waals surface area contributed by atoms with Crippen molar-refractivity contribution in [2.24, 2.45) is 0 Å². The van der Waals surface area contributed by atoms with Gasteiger partial charge in [0.15, 0.2) is 23.2 Å². The minimum absolute atomic E-state index is 0.148. The van der Waals surface area contributed by atoms with Crippen molar-refractivity contribution in [3.05, 3.63) is 54.5 Å². The summed E-state index contributed by atoms with van der Waals surface area (Å²) in [6.07, 6.45) is -3.87. The van der Waals surface area contributed by atoms with E-state index in [-0.39, 0.29) is 23.9 Å². The fourth-order valence-corrected chi connectivity index (χ4v) is 7.40. The second-order valence-corrected chi connectivity index (χ2v) is 14.4. The highest BCUT2D eigenvalue weighted by Crippen LogP contribution is 2.68. The quantitative estimate of drug-likeness (QED) is 0.110. The number of fused-ring (bicyclic) bond motifs is 2. The third-order valence-corrected chi connectivity index (χ3v) is 10.0. The maximum absolute atomic E-state index is 15.2. The van der Waals surface area contributed by atoms with Gasteiger partial charge in [-0.2, -0.15) is 5.10 Å². The Balaban J connectivity index is 1.33. The predicted octanol–water partition coefficient (Wildman–Crippen LogP) is 1.71. The van der Waals surface area contributed by atoms with Crippen LogP contribution in [0.5, 0.6) is 5.75 Å². The molecule has 0 spiro atoms. The Morgan fingerprint density at radius 3 is 2.74 bits per heavy atom. The summed E-state index contributed by atoms with van der Waals surface area (Å²) >= 11 is 0.433. The van der Waals surface area contributed by atoms with Gasteiger partial charge in [-0.05, 0) is 45.0 Å². The fourth-order valence-electron chi connectivity index (χ4n) is 4.60. The van der Waals surface area contributed by atoms with Crippen LogP contribution in [0.2, 0.25) is 0 Å². The number of carbonyl (C=O) groups excluding carboxylic acids is 1. The van der Waals surface area contributed by atoms with Crippen LogP contribution in [0.15, 0.2) is 48.8 Å². The van der Waals surface area contributed by atoms with E-state index in [1.54, 1.807) is 30.3 Å². The first-order valence-corrected chi connectivity index (χ1v) is 15.8. The average molecular weight is 628 g/mol. The Morgan fingerprint density at radius 2 is 2.05 bits per heavy atom. The molecule has 0 amide bonds. The molecule has 1 aliphatic heterocycles. The van der Waals surface area contributed by atoms with E-state index in [0.717, 1.165) is 0 Å². The summed E-state index contributed by atoms with van der Waals surface area (Å²) in [6.45, 7) is -0.978. The SMILES string of the molecule is C[C@H](NSP(=O)(OC[C@@]12O[C@@H](c3ccc4c(N)ncnn34)[C@H](O)[C@@]1(O)C2F)Oc1ccccc1)C(=O)OCC(C)(C)O. The van der Waals surface area contributed by atoms with Gasteiger partial charge >= 0.3 is 12.8 Å². The molecule has 5 rings (SSSR count). The molecule has 0 radical (unpaired) electrons. The lowest BCUT2D eigenvalue weighted by molar-refractivity contribution is -0.151. The summed E-state index contributed by atoms with van der Waals surface area (Å²) in [5.41, 5.74) is 0.839. The minimum atomic E-state index is -4.29. The molecule has 14 nitrogen and oxygen atoms in total. The number of benzene rings is 1. The number of aliphatic hydroxyl groups excluding tert-OH is 1. The number of hydrogen-bond acceptors (Lipinski definition) is 14. The Labute approximate surface area is 243 Å². The first-order valence-electron chi connectivity index (χ1n) is 12.8. The summed E-state index contributed by atoms with van der Waals surface area (Å²) < 4.78 is 55.2. The van der Waals surface area contributed by atoms with Crippen LogP contribution in [0, 0.1) is 0 Å². The number of esters is 1. The number of nitrogens with two attached hydrogens (primary N) is 1. The molecule has 17 heteroatoms. The summed E-state index contributed by atoms with van der Waals surface area (Å²) in [7, 11) is 0. The van der Waals surface area contributed by atoms with E-state index in [4.69, 9.17) is 24.3 Å². The predicted molar refractivity (Wildman–Crippen MR) is 148 cm³/mol. The summed E-state index contributed by atoms with van der Waals surface area (Å²) in [5.74, 6) is -0.436. The molecule has 2 unspecified atom stereocenters. The Hall–Kier alpha value is -2.82. The van der Waals surface area contributed by atoms with Gasteiger partial charge < -0.3 is 35.1 Å². The van der Waals surface area contributed by atoms with E-state index in [1.165, 1.54) is 43.7 Å². The smallest absolute Gasteiger partial charge is 0.455 e. The van der Waals surface area contributed by atoms with Crippen LogP contribution in [-0.4, -0.2) is 84.2 Å². The van der Waals surface area contributed by atoms with E-state index < -0.39 is 60.6 Å². The van der Waals surface area contributed by atoms with Crippen molar-refractivity contribution in [3.8, 4) is 5.75 Å². The molecule has 6 N–H and O–H groups in total. The van der Waals surface area contributed by atoms with Crippen LogP contribution in [0.25, 0.3) is 5.52 Å². The molecule has 2 fully saturated rings. The number of halogens is 1. The standard InChI is InChI=1S/C25H31FN5O9PS/c1-14(21(33)37-11-23(2,3)34)30-42-41(36,40-15-7-5-4-6-8-15)38-12-24-22(26)25(24,35)19(32)18(39-24)16-9-10-17-20(27)28-13-29-31(16)17/h4-10,13-14,18-19,22,30,32,34-35H,11-12H2,1-3H3,(H2,27,28,29)/t14-,18-,19-,22?,24-,25+,41?/m0/s1. The number of hydrogen-bond donors (Lipinski definition) is 5. The molecule has 1 saturated carbocycles. The molecule has 1 aromatic carbocycles. The highest BCUT2D eigenvalue weighted by molar-refractivity contribution is 8.54. The highest BCUT2D eigenvalue weighted by atomic mass is 32.7. The molecular formula is C25H31FN5O9PS. The Morgan fingerprint density at radius 1 is 1.33 bits per heavy atom. The van der Waals surface area contributed by atoms with Crippen molar-refractivity contribution in [1.82, 2.24) is 19.3 Å². The van der Waals surface area contributed by atoms with Crippen LogP contribution in [0.3, 0.4) is 0 Å². The van der Waals surface area contributed by atoms with Gasteiger partial charge in [0, 0.05) is 0 Å². The molecular weight excluding hydrogens is 596 g/mol. The van der Waals surface area contributed by atoms with Gasteiger partial charge in [-0.15, -0.1) is 0 Å². The molecule has 42 heavy (non-hydrogen) atoms. The van der Waals surface area contributed by atoms with Crippen molar-refractivity contribution in [1.29, 1.82) is 0 Å². The first-order chi connectivity index (χ1) is 19.7. The van der Waals surface area contributed by atoms with Gasteiger partial charge in [-0.3, -0.25) is 9.32 Å². The number of aromatic nitrogens is 3. The number of anilines is 1. The molecule has 3 heterocycles. The normalized spacial score (nSPS) is 29.1. The van der Waals surface area contributed by atoms with Gasteiger partial charge in [0.05, 0.1) is 29.5 Å². The number of carbonyl (C=O) groups is 1. The summed E-state index contributed by atoms with van der Waals surface area (Å²) in [4.78, 5) is 16.2. The largest absolute Gasteiger partial charge is 0.461 e. The topological polar surface area (TPSA) is 200 Å². The van der Waals surface area contributed by atoms with Crippen LogP contribution >= 0.6 is 18.4 Å². The third kappa shape index (κ3) is 5.49. The van der Waals surface area contributed by atoms with Crippen molar-refractivity contribution in [2.45, 2.75) is 62.0 Å². The second kappa shape index (κ2) is 11.0. The molecule has 2 aromatic heterocycles. The Bertz CT molecular complexity index is 1510. The zero-order valence-corrected chi connectivity index (χ0v) is 24.5. The fraction of sp³-hybridized carbons (Fsp3) is 0.480. The minimum Gasteiger partial charge on any atom is -0.461 e. The lowest BCUT2D eigenvalue weighted by atomic mass is 10.0. The molecule has 1 aliphatic carbocycles. The third-order valence-electron chi connectivity index (χ3n) is 6.93. The number of aliphatic hydroxyl groups is 3. The number of rotatable bonds is 12. The number of nitrogens with one attached hydrogen (secondary N) is 1. The van der Waals surface area contributed by atoms with Gasteiger partial charge in [0.2, 0.25) is 0 Å². The number of ether oxygens (including phenoxy) is 2. The van der Waals surface area contributed by atoms with E-state index in [9.17, 15) is 24.7 Å². The summed E-state index contributed by atoms with van der Waals surface area (Å²) in [6, 6.07) is 10.1. The number of para-hydroxylation sites is 1. The van der Waals surface area contributed by atoms with E-state index >= 15 is 4.39 Å². The average Bonchev–Trinajstić information content (AvgIpc) is 3.22. The molecule has 228 valence electrons. The zero-order chi connectivity index (χ0) is 30.5. The lowest BCUT2D eigenvalue weighted by Crippen LogP contribution is -2.36. The van der Waals surface area contributed by atoms with Crippen molar-refractivity contribution in [2.75, 3.05) is 18.9 Å². The maximum atomic E-state index is 15.2. The second-order valence-electron chi connectivity index (χ2n) is 10.7. The zero-order valence-electron chi connectivity index (χ0n) is 22.8. The van der Waals surface area contributed by atoms with Gasteiger partial charge in [-0.1, -0.05) is 18.2 Å². The van der Waals surface area contributed by atoms with Gasteiger partial charge in [0.1, 0.15) is 42.5 Å². The highest BCUT2D eigenvalue weighted by Gasteiger charge is 2.89. The van der Waals surface area contributed by atoms with E-state index in [0.29, 0.717) is 17.1 Å². The lowest BCUT2D eigenvalue weighted by Gasteiger charge is -2.24. The van der Waals surface area contributed by atoms with Gasteiger partial charge in [-0.25, -0.2) is 23.2 Å². The van der Waals surface area contributed by atoms with Crippen LogP contribution in [0.4, 0.5) is 10.2 Å². The first kappa shape index (κ1) is 30.6. The van der Waals surface area contributed by atoms with E-state index in [2.05, 4.69) is 14.8 Å². The van der Waals surface area contributed by atoms with Gasteiger partial charge in [0.25, 0.3) is 0 Å². The number of nitrogen functional groups attached to an aromatic ring is 1. The molecule has 2 aliphatic rings. The van der Waals surface area contributed by atoms with E-state index in [1.807, 2.05) is 0 Å². The number of nitrogens with zero attached hydrogens (tertiary/aromatic N) is 3. The molecule has 0 bridgehead atoms.